The number of likely N-dealkylation sites (tertiary alicyclic amines) is 1. The van der Waals surface area contributed by atoms with E-state index in [1.165, 1.54) is 0 Å². The second-order valence-electron chi connectivity index (χ2n) is 4.05. The molecule has 2 heteroatoms. The zero-order valence-corrected chi connectivity index (χ0v) is 7.21. The average molecular weight is 153 g/mol. The van der Waals surface area contributed by atoms with Crippen molar-refractivity contribution >= 4 is 5.78 Å². The molecule has 1 aliphatic heterocycles. The molecule has 2 aliphatic rings. The van der Waals surface area contributed by atoms with Crippen LogP contribution >= 0.6 is 0 Å². The van der Waals surface area contributed by atoms with Gasteiger partial charge in [0.15, 0.2) is 0 Å². The van der Waals surface area contributed by atoms with E-state index in [1.54, 1.807) is 0 Å². The Hall–Kier alpha value is -0.370. The van der Waals surface area contributed by atoms with Crippen molar-refractivity contribution in [3.63, 3.8) is 0 Å². The van der Waals surface area contributed by atoms with Crippen molar-refractivity contribution in [2.24, 2.45) is 5.92 Å². The molecule has 2 atom stereocenters. The van der Waals surface area contributed by atoms with Crippen LogP contribution in [0.15, 0.2) is 0 Å². The Balaban J connectivity index is 2.08. The fourth-order valence-corrected chi connectivity index (χ4v) is 2.41. The number of hydrogen-bond acceptors (Lipinski definition) is 2. The van der Waals surface area contributed by atoms with Crippen molar-refractivity contribution in [3.05, 3.63) is 0 Å². The van der Waals surface area contributed by atoms with Crippen LogP contribution in [0.4, 0.5) is 0 Å². The largest absolute Gasteiger partial charge is 0.299 e. The number of ketones is 1. The summed E-state index contributed by atoms with van der Waals surface area (Å²) in [7, 11) is 0. The molecule has 2 bridgehead atoms. The molecule has 0 spiro atoms. The Labute approximate surface area is 67.6 Å². The highest BCUT2D eigenvalue weighted by Crippen LogP contribution is 2.35. The van der Waals surface area contributed by atoms with E-state index in [-0.39, 0.29) is 0 Å². The molecule has 1 aliphatic carbocycles. The normalized spacial score (nSPS) is 37.5. The Morgan fingerprint density at radius 3 is 2.64 bits per heavy atom. The van der Waals surface area contributed by atoms with E-state index >= 15 is 0 Å². The molecule has 2 nitrogen and oxygen atoms in total. The summed E-state index contributed by atoms with van der Waals surface area (Å²) in [6.45, 7) is 5.46. The fourth-order valence-electron chi connectivity index (χ4n) is 2.41. The van der Waals surface area contributed by atoms with Crippen LogP contribution < -0.4 is 0 Å². The minimum Gasteiger partial charge on any atom is -0.299 e. The lowest BCUT2D eigenvalue weighted by Gasteiger charge is -2.29. The molecule has 1 saturated heterocycles. The third-order valence-corrected chi connectivity index (χ3v) is 3.01. The summed E-state index contributed by atoms with van der Waals surface area (Å²) in [5.41, 5.74) is 0. The number of rotatable bonds is 1. The van der Waals surface area contributed by atoms with Gasteiger partial charge in [0.05, 0.1) is 0 Å². The van der Waals surface area contributed by atoms with Gasteiger partial charge >= 0.3 is 0 Å². The smallest absolute Gasteiger partial charge is 0.138 e. The summed E-state index contributed by atoms with van der Waals surface area (Å²) in [6, 6.07) is 1.21. The third kappa shape index (κ3) is 1.00. The lowest BCUT2D eigenvalue weighted by Crippen LogP contribution is -2.40. The van der Waals surface area contributed by atoms with E-state index in [4.69, 9.17) is 0 Å². The number of fused-ring (bicyclic) bond motifs is 2. The van der Waals surface area contributed by atoms with Gasteiger partial charge in [-0.3, -0.25) is 9.69 Å². The molecule has 0 amide bonds. The highest BCUT2D eigenvalue weighted by Gasteiger charge is 2.44. The van der Waals surface area contributed by atoms with Crippen molar-refractivity contribution < 1.29 is 4.79 Å². The van der Waals surface area contributed by atoms with E-state index < -0.39 is 0 Å². The number of hydrogen-bond donors (Lipinski definition) is 0. The molecule has 0 aromatic carbocycles. The van der Waals surface area contributed by atoms with Gasteiger partial charge in [0.2, 0.25) is 0 Å². The van der Waals surface area contributed by atoms with Crippen molar-refractivity contribution in [3.8, 4) is 0 Å². The molecular weight excluding hydrogens is 138 g/mol. The molecule has 0 N–H and O–H groups in total. The minimum atomic E-state index is 0.391. The van der Waals surface area contributed by atoms with Gasteiger partial charge < -0.3 is 0 Å². The molecule has 2 fully saturated rings. The highest BCUT2D eigenvalue weighted by atomic mass is 16.1. The first-order chi connectivity index (χ1) is 5.18. The number of carbonyl (C=O) groups is 1. The van der Waals surface area contributed by atoms with Gasteiger partial charge in [0.25, 0.3) is 0 Å². The predicted molar refractivity (Wildman–Crippen MR) is 43.4 cm³/mol. The van der Waals surface area contributed by atoms with Gasteiger partial charge in [-0.2, -0.15) is 0 Å². The molecule has 0 radical (unpaired) electrons. The Morgan fingerprint density at radius 2 is 2.27 bits per heavy atom. The third-order valence-electron chi connectivity index (χ3n) is 3.01. The van der Waals surface area contributed by atoms with Crippen LogP contribution in [-0.2, 0) is 4.79 Å². The van der Waals surface area contributed by atoms with Crippen LogP contribution in [-0.4, -0.2) is 29.3 Å². The fraction of sp³-hybridized carbons (Fsp3) is 0.889. The Bertz CT molecular complexity index is 188. The molecule has 2 unspecified atom stereocenters. The van der Waals surface area contributed by atoms with Crippen LogP contribution in [0.2, 0.25) is 0 Å². The minimum absolute atomic E-state index is 0.391. The monoisotopic (exact) mass is 153 g/mol. The molecule has 2 rings (SSSR count). The zero-order chi connectivity index (χ0) is 8.01. The van der Waals surface area contributed by atoms with Crippen molar-refractivity contribution in [2.75, 3.05) is 6.54 Å². The van der Waals surface area contributed by atoms with Gasteiger partial charge in [-0.05, 0) is 20.3 Å². The predicted octanol–water partition coefficient (Wildman–Crippen LogP) is 1.06. The maximum absolute atomic E-state index is 11.2. The van der Waals surface area contributed by atoms with Crippen LogP contribution in [0.1, 0.15) is 26.7 Å². The van der Waals surface area contributed by atoms with E-state index in [0.29, 0.717) is 23.8 Å². The van der Waals surface area contributed by atoms with Gasteiger partial charge in [-0.15, -0.1) is 0 Å². The topological polar surface area (TPSA) is 20.3 Å². The average Bonchev–Trinajstić information content (AvgIpc) is 2.43. The van der Waals surface area contributed by atoms with Crippen LogP contribution in [0.25, 0.3) is 0 Å². The summed E-state index contributed by atoms with van der Waals surface area (Å²) < 4.78 is 0. The van der Waals surface area contributed by atoms with E-state index in [1.807, 2.05) is 0 Å². The maximum atomic E-state index is 11.2. The van der Waals surface area contributed by atoms with Crippen molar-refractivity contribution in [2.45, 2.75) is 38.8 Å². The molecule has 11 heavy (non-hydrogen) atoms. The van der Waals surface area contributed by atoms with Crippen molar-refractivity contribution in [1.82, 2.24) is 4.90 Å². The lowest BCUT2D eigenvalue weighted by molar-refractivity contribution is -0.122. The standard InChI is InChI=1S/C9H15NO/c1-6(2)10-5-7-3-8(10)4-9(7)11/h6-8H,3-5H2,1-2H3. The molecule has 1 heterocycles. The van der Waals surface area contributed by atoms with Crippen molar-refractivity contribution in [1.29, 1.82) is 0 Å². The zero-order valence-electron chi connectivity index (χ0n) is 7.21. The number of Topliss-reactive ketones (excluding diaryl/α,β-unsaturated/α-hetero) is 1. The molecule has 1 saturated carbocycles. The number of nitrogens with zero attached hydrogens (tertiary/aromatic N) is 1. The molecule has 0 aromatic rings. The number of piperidine rings is 1. The highest BCUT2D eigenvalue weighted by molar-refractivity contribution is 5.85. The second-order valence-corrected chi connectivity index (χ2v) is 4.05. The van der Waals surface area contributed by atoms with Gasteiger partial charge in [-0.1, -0.05) is 0 Å². The summed E-state index contributed by atoms with van der Waals surface area (Å²) in [5.74, 6) is 0.898. The van der Waals surface area contributed by atoms with Crippen LogP contribution in [0.5, 0.6) is 0 Å². The quantitative estimate of drug-likeness (QED) is 0.561. The van der Waals surface area contributed by atoms with Gasteiger partial charge in [0, 0.05) is 31.0 Å². The molecule has 62 valence electrons. The second kappa shape index (κ2) is 2.31. The summed E-state index contributed by atoms with van der Waals surface area (Å²) in [5, 5.41) is 0. The van der Waals surface area contributed by atoms with Gasteiger partial charge in [0.1, 0.15) is 5.78 Å². The van der Waals surface area contributed by atoms with Crippen LogP contribution in [0, 0.1) is 5.92 Å². The summed E-state index contributed by atoms with van der Waals surface area (Å²) >= 11 is 0. The molecule has 0 aromatic heterocycles. The molecular formula is C9H15NO. The first-order valence-corrected chi connectivity index (χ1v) is 4.47. The SMILES string of the molecule is CC(C)N1CC2CC1CC2=O. The van der Waals surface area contributed by atoms with Gasteiger partial charge in [-0.25, -0.2) is 0 Å². The van der Waals surface area contributed by atoms with E-state index in [2.05, 4.69) is 18.7 Å². The first kappa shape index (κ1) is 7.29. The first-order valence-electron chi connectivity index (χ1n) is 4.47. The van der Waals surface area contributed by atoms with E-state index in [9.17, 15) is 4.79 Å². The van der Waals surface area contributed by atoms with Crippen LogP contribution in [0.3, 0.4) is 0 Å². The Kier molecular flexibility index (Phi) is 1.53. The maximum Gasteiger partial charge on any atom is 0.138 e. The van der Waals surface area contributed by atoms with E-state index in [0.717, 1.165) is 19.4 Å². The lowest BCUT2D eigenvalue weighted by atomic mass is 10.1. The Morgan fingerprint density at radius 1 is 1.55 bits per heavy atom. The summed E-state index contributed by atoms with van der Waals surface area (Å²) in [4.78, 5) is 13.6. The summed E-state index contributed by atoms with van der Waals surface area (Å²) in [6.07, 6.45) is 1.96. The number of carbonyl (C=O) groups excluding carboxylic acids is 1.